The first-order valence-electron chi connectivity index (χ1n) is 7.79. The molecule has 124 valence electrons. The number of methoxy groups -OCH3 is 1. The maximum atomic E-state index is 8.97. The van der Waals surface area contributed by atoms with Gasteiger partial charge in [0.1, 0.15) is 11.6 Å². The second-order valence-electron chi connectivity index (χ2n) is 5.23. The van der Waals surface area contributed by atoms with Gasteiger partial charge in [-0.15, -0.1) is 0 Å². The summed E-state index contributed by atoms with van der Waals surface area (Å²) >= 11 is 0. The quantitative estimate of drug-likeness (QED) is 0.620. The first-order chi connectivity index (χ1) is 11.8. The highest BCUT2D eigenvalue weighted by Gasteiger charge is 2.08. The lowest BCUT2D eigenvalue weighted by Crippen LogP contribution is -2.11. The van der Waals surface area contributed by atoms with Gasteiger partial charge in [-0.3, -0.25) is 0 Å². The van der Waals surface area contributed by atoms with Gasteiger partial charge in [0.05, 0.1) is 19.2 Å². The van der Waals surface area contributed by atoms with Crippen molar-refractivity contribution >= 4 is 22.7 Å². The Morgan fingerprint density at radius 1 is 1.00 bits per heavy atom. The Kier molecular flexibility index (Phi) is 5.08. The molecule has 0 amide bonds. The Balaban J connectivity index is 1.89. The summed E-state index contributed by atoms with van der Waals surface area (Å²) in [5, 5.41) is 16.3. The summed E-state index contributed by atoms with van der Waals surface area (Å²) in [6.45, 7) is 1.02. The number of aromatic nitrogens is 2. The Morgan fingerprint density at radius 3 is 2.62 bits per heavy atom. The van der Waals surface area contributed by atoms with E-state index < -0.39 is 0 Å². The van der Waals surface area contributed by atoms with Crippen molar-refractivity contribution in [1.82, 2.24) is 9.97 Å². The van der Waals surface area contributed by atoms with Crippen molar-refractivity contribution in [3.8, 4) is 5.75 Å². The molecule has 0 bridgehead atoms. The zero-order chi connectivity index (χ0) is 16.8. The minimum atomic E-state index is 0.0279. The Hall–Kier alpha value is -2.86. The van der Waals surface area contributed by atoms with E-state index in [1.807, 2.05) is 48.5 Å². The molecule has 0 aliphatic rings. The Labute approximate surface area is 140 Å². The highest BCUT2D eigenvalue weighted by atomic mass is 16.5. The molecule has 0 saturated heterocycles. The van der Waals surface area contributed by atoms with Crippen LogP contribution in [0.15, 0.2) is 48.5 Å². The molecule has 0 saturated carbocycles. The molecule has 2 aromatic carbocycles. The summed E-state index contributed by atoms with van der Waals surface area (Å²) in [6.07, 6.45) is 0. The topological polar surface area (TPSA) is 79.3 Å². The van der Waals surface area contributed by atoms with Crippen LogP contribution >= 0.6 is 0 Å². The number of hydrogen-bond acceptors (Lipinski definition) is 6. The molecule has 6 nitrogen and oxygen atoms in total. The van der Waals surface area contributed by atoms with Crippen molar-refractivity contribution in [1.29, 1.82) is 0 Å². The Morgan fingerprint density at radius 2 is 1.79 bits per heavy atom. The third-order valence-electron chi connectivity index (χ3n) is 3.64. The van der Waals surface area contributed by atoms with Crippen LogP contribution < -0.4 is 15.4 Å². The number of nitrogens with zero attached hydrogens (tertiary/aromatic N) is 2. The van der Waals surface area contributed by atoms with E-state index >= 15 is 0 Å². The highest BCUT2D eigenvalue weighted by molar-refractivity contribution is 5.90. The number of benzene rings is 2. The van der Waals surface area contributed by atoms with Gasteiger partial charge in [0.25, 0.3) is 0 Å². The first kappa shape index (κ1) is 16.0. The molecule has 0 unspecified atom stereocenters. The number of nitrogens with one attached hydrogen (secondary N) is 2. The molecular formula is C18H20N4O2. The number of rotatable bonds is 7. The van der Waals surface area contributed by atoms with Crippen LogP contribution in [0.1, 0.15) is 5.56 Å². The summed E-state index contributed by atoms with van der Waals surface area (Å²) in [6, 6.07) is 15.7. The van der Waals surface area contributed by atoms with E-state index in [0.717, 1.165) is 28.0 Å². The first-order valence-corrected chi connectivity index (χ1v) is 7.79. The average molecular weight is 324 g/mol. The molecule has 3 N–H and O–H groups in total. The van der Waals surface area contributed by atoms with Gasteiger partial charge in [-0.05, 0) is 18.2 Å². The molecule has 24 heavy (non-hydrogen) atoms. The zero-order valence-electron chi connectivity index (χ0n) is 13.5. The van der Waals surface area contributed by atoms with E-state index in [4.69, 9.17) is 9.84 Å². The summed E-state index contributed by atoms with van der Waals surface area (Å²) in [7, 11) is 1.66. The maximum Gasteiger partial charge on any atom is 0.225 e. The van der Waals surface area contributed by atoms with Gasteiger partial charge < -0.3 is 20.5 Å². The summed E-state index contributed by atoms with van der Waals surface area (Å²) in [5.41, 5.74) is 1.89. The summed E-state index contributed by atoms with van der Waals surface area (Å²) < 4.78 is 5.39. The van der Waals surface area contributed by atoms with Crippen molar-refractivity contribution in [3.63, 3.8) is 0 Å². The van der Waals surface area contributed by atoms with Crippen molar-refractivity contribution in [3.05, 3.63) is 54.1 Å². The van der Waals surface area contributed by atoms with Crippen LogP contribution in [0.4, 0.5) is 11.8 Å². The van der Waals surface area contributed by atoms with Crippen molar-refractivity contribution in [2.24, 2.45) is 0 Å². The molecule has 3 rings (SSSR count). The van der Waals surface area contributed by atoms with E-state index in [1.165, 1.54) is 0 Å². The molecule has 1 aromatic heterocycles. The van der Waals surface area contributed by atoms with Gasteiger partial charge >= 0.3 is 0 Å². The molecule has 0 aliphatic heterocycles. The van der Waals surface area contributed by atoms with Crippen LogP contribution in [0.25, 0.3) is 10.9 Å². The van der Waals surface area contributed by atoms with E-state index in [1.54, 1.807) is 7.11 Å². The third kappa shape index (κ3) is 3.55. The van der Waals surface area contributed by atoms with E-state index in [-0.39, 0.29) is 6.61 Å². The predicted octanol–water partition coefficient (Wildman–Crippen LogP) is 2.65. The average Bonchev–Trinajstić information content (AvgIpc) is 2.64. The van der Waals surface area contributed by atoms with Crippen molar-refractivity contribution in [2.75, 3.05) is 30.9 Å². The van der Waals surface area contributed by atoms with E-state index in [0.29, 0.717) is 19.0 Å². The van der Waals surface area contributed by atoms with Crippen LogP contribution in [0.5, 0.6) is 5.75 Å². The van der Waals surface area contributed by atoms with Crippen molar-refractivity contribution < 1.29 is 9.84 Å². The van der Waals surface area contributed by atoms with Gasteiger partial charge in [-0.2, -0.15) is 4.98 Å². The predicted molar refractivity (Wildman–Crippen MR) is 95.4 cm³/mol. The number of aliphatic hydroxyl groups excluding tert-OH is 1. The fourth-order valence-electron chi connectivity index (χ4n) is 2.49. The van der Waals surface area contributed by atoms with Crippen LogP contribution in [-0.2, 0) is 6.54 Å². The fraction of sp³-hybridized carbons (Fsp3) is 0.222. The normalized spacial score (nSPS) is 10.6. The van der Waals surface area contributed by atoms with E-state index in [9.17, 15) is 0 Å². The fourth-order valence-corrected chi connectivity index (χ4v) is 2.49. The van der Waals surface area contributed by atoms with Crippen LogP contribution in [0.3, 0.4) is 0 Å². The van der Waals surface area contributed by atoms with Crippen LogP contribution in [-0.4, -0.2) is 35.3 Å². The molecule has 3 aromatic rings. The molecule has 0 radical (unpaired) electrons. The number of anilines is 2. The molecular weight excluding hydrogens is 304 g/mol. The molecule has 6 heteroatoms. The second kappa shape index (κ2) is 7.61. The van der Waals surface area contributed by atoms with Gasteiger partial charge in [-0.1, -0.05) is 30.3 Å². The largest absolute Gasteiger partial charge is 0.496 e. The minimum Gasteiger partial charge on any atom is -0.496 e. The number of aliphatic hydroxyl groups is 1. The smallest absolute Gasteiger partial charge is 0.225 e. The highest BCUT2D eigenvalue weighted by Crippen LogP contribution is 2.24. The van der Waals surface area contributed by atoms with Gasteiger partial charge in [0.15, 0.2) is 0 Å². The standard InChI is InChI=1S/C18H20N4O2/c1-24-16-9-5-2-6-13(16)12-20-17-14-7-3-4-8-15(14)21-18(22-17)19-10-11-23/h2-9,23H,10-12H2,1H3,(H2,19,20,21,22). The van der Waals surface area contributed by atoms with Crippen LogP contribution in [0, 0.1) is 0 Å². The van der Waals surface area contributed by atoms with Crippen LogP contribution in [0.2, 0.25) is 0 Å². The lowest BCUT2D eigenvalue weighted by atomic mass is 10.2. The number of hydrogen-bond donors (Lipinski definition) is 3. The monoisotopic (exact) mass is 324 g/mol. The van der Waals surface area contributed by atoms with Gasteiger partial charge in [0, 0.05) is 24.0 Å². The number of ether oxygens (including phenoxy) is 1. The number of fused-ring (bicyclic) bond motifs is 1. The number of para-hydroxylation sites is 2. The van der Waals surface area contributed by atoms with Gasteiger partial charge in [0.2, 0.25) is 5.95 Å². The molecule has 0 atom stereocenters. The van der Waals surface area contributed by atoms with Gasteiger partial charge in [-0.25, -0.2) is 4.98 Å². The second-order valence-corrected chi connectivity index (χ2v) is 5.23. The minimum absolute atomic E-state index is 0.0279. The summed E-state index contributed by atoms with van der Waals surface area (Å²) in [4.78, 5) is 8.99. The third-order valence-corrected chi connectivity index (χ3v) is 3.64. The lowest BCUT2D eigenvalue weighted by molar-refractivity contribution is 0.311. The van der Waals surface area contributed by atoms with Crippen molar-refractivity contribution in [2.45, 2.75) is 6.54 Å². The maximum absolute atomic E-state index is 8.97. The Bertz CT molecular complexity index is 823. The SMILES string of the molecule is COc1ccccc1CNc1nc(NCCO)nc2ccccc12. The molecule has 0 spiro atoms. The molecule has 0 fully saturated rings. The molecule has 1 heterocycles. The summed E-state index contributed by atoms with van der Waals surface area (Å²) in [5.74, 6) is 2.07. The van der Waals surface area contributed by atoms with E-state index in [2.05, 4.69) is 20.6 Å². The lowest BCUT2D eigenvalue weighted by Gasteiger charge is -2.13. The zero-order valence-corrected chi connectivity index (χ0v) is 13.5. The molecule has 0 aliphatic carbocycles.